The van der Waals surface area contributed by atoms with Crippen molar-refractivity contribution in [2.24, 2.45) is 0 Å². The van der Waals surface area contributed by atoms with Crippen LogP contribution < -0.4 is 4.90 Å². The quantitative estimate of drug-likeness (QED) is 0.532. The number of benzene rings is 3. The second-order valence-corrected chi connectivity index (χ2v) is 5.15. The van der Waals surface area contributed by atoms with Crippen LogP contribution in [0.2, 0.25) is 0 Å². The van der Waals surface area contributed by atoms with Gasteiger partial charge in [0.05, 0.1) is 6.26 Å². The molecule has 23 heavy (non-hydrogen) atoms. The zero-order valence-corrected chi connectivity index (χ0v) is 12.9. The van der Waals surface area contributed by atoms with Gasteiger partial charge in [-0.2, -0.15) is 0 Å². The molecule has 0 aliphatic rings. The molecule has 0 radical (unpaired) electrons. The second kappa shape index (κ2) is 7.32. The Bertz CT molecular complexity index is 696. The van der Waals surface area contributed by atoms with Crippen molar-refractivity contribution in [1.29, 1.82) is 0 Å². The van der Waals surface area contributed by atoms with E-state index in [1.165, 1.54) is 6.26 Å². The molecule has 2 nitrogen and oxygen atoms in total. The Morgan fingerprint density at radius 1 is 0.696 bits per heavy atom. The lowest BCUT2D eigenvalue weighted by molar-refractivity contribution is 0.238. The first-order valence-electron chi connectivity index (χ1n) is 7.60. The Labute approximate surface area is 137 Å². The molecule has 0 unspecified atom stereocenters. The SMILES string of the molecule is C=COCc1ccc(N(c2ccccc2)c2ccccc2)cc1. The van der Waals surface area contributed by atoms with Crippen LogP contribution in [0.4, 0.5) is 17.1 Å². The number of nitrogens with zero attached hydrogens (tertiary/aromatic N) is 1. The fourth-order valence-electron chi connectivity index (χ4n) is 2.50. The Hall–Kier alpha value is -3.00. The molecular weight excluding hydrogens is 282 g/mol. The van der Waals surface area contributed by atoms with Crippen LogP contribution in [0.3, 0.4) is 0 Å². The molecular formula is C21H19NO. The van der Waals surface area contributed by atoms with Gasteiger partial charge in [0.15, 0.2) is 0 Å². The first kappa shape index (κ1) is 14.9. The molecule has 0 amide bonds. The van der Waals surface area contributed by atoms with E-state index in [0.29, 0.717) is 6.61 Å². The van der Waals surface area contributed by atoms with Crippen molar-refractivity contribution in [3.05, 3.63) is 103 Å². The molecule has 0 aromatic heterocycles. The minimum Gasteiger partial charge on any atom is -0.497 e. The topological polar surface area (TPSA) is 12.5 Å². The summed E-state index contributed by atoms with van der Waals surface area (Å²) in [5.74, 6) is 0. The van der Waals surface area contributed by atoms with Gasteiger partial charge in [-0.15, -0.1) is 0 Å². The molecule has 0 fully saturated rings. The number of para-hydroxylation sites is 2. The maximum Gasteiger partial charge on any atom is 0.112 e. The summed E-state index contributed by atoms with van der Waals surface area (Å²) in [7, 11) is 0. The summed E-state index contributed by atoms with van der Waals surface area (Å²) in [5, 5.41) is 0. The highest BCUT2D eigenvalue weighted by Crippen LogP contribution is 2.33. The standard InChI is InChI=1S/C21H19NO/c1-2-23-17-18-13-15-21(16-14-18)22(19-9-5-3-6-10-19)20-11-7-4-8-12-20/h2-16H,1,17H2. The van der Waals surface area contributed by atoms with E-state index in [2.05, 4.69) is 84.3 Å². The second-order valence-electron chi connectivity index (χ2n) is 5.15. The predicted molar refractivity (Wildman–Crippen MR) is 96.1 cm³/mol. The zero-order chi connectivity index (χ0) is 15.9. The molecule has 2 heteroatoms. The van der Waals surface area contributed by atoms with Crippen molar-refractivity contribution in [3.8, 4) is 0 Å². The highest BCUT2D eigenvalue weighted by molar-refractivity contribution is 5.76. The Kier molecular flexibility index (Phi) is 4.75. The van der Waals surface area contributed by atoms with E-state index in [-0.39, 0.29) is 0 Å². The molecule has 0 spiro atoms. The third kappa shape index (κ3) is 3.61. The fourth-order valence-corrected chi connectivity index (χ4v) is 2.50. The third-order valence-electron chi connectivity index (χ3n) is 3.59. The van der Waals surface area contributed by atoms with E-state index in [1.807, 2.05) is 12.1 Å². The normalized spacial score (nSPS) is 10.1. The fraction of sp³-hybridized carbons (Fsp3) is 0.0476. The van der Waals surface area contributed by atoms with Crippen LogP contribution >= 0.6 is 0 Å². The Morgan fingerprint density at radius 3 is 1.65 bits per heavy atom. The van der Waals surface area contributed by atoms with Crippen molar-refractivity contribution in [2.45, 2.75) is 6.61 Å². The zero-order valence-electron chi connectivity index (χ0n) is 12.9. The van der Waals surface area contributed by atoms with E-state index in [1.54, 1.807) is 0 Å². The average molecular weight is 301 g/mol. The van der Waals surface area contributed by atoms with Gasteiger partial charge in [0.1, 0.15) is 6.61 Å². The van der Waals surface area contributed by atoms with Crippen LogP contribution in [0, 0.1) is 0 Å². The third-order valence-corrected chi connectivity index (χ3v) is 3.59. The summed E-state index contributed by atoms with van der Waals surface area (Å²) < 4.78 is 5.24. The first-order chi connectivity index (χ1) is 11.4. The molecule has 0 aliphatic carbocycles. The molecule has 0 aliphatic heterocycles. The molecule has 0 N–H and O–H groups in total. The van der Waals surface area contributed by atoms with Gasteiger partial charge < -0.3 is 9.64 Å². The van der Waals surface area contributed by atoms with Gasteiger partial charge in [-0.3, -0.25) is 0 Å². The number of rotatable bonds is 6. The number of anilines is 3. The molecule has 0 saturated carbocycles. The summed E-state index contributed by atoms with van der Waals surface area (Å²) in [5.41, 5.74) is 4.50. The Morgan fingerprint density at radius 2 is 1.17 bits per heavy atom. The van der Waals surface area contributed by atoms with E-state index >= 15 is 0 Å². The summed E-state index contributed by atoms with van der Waals surface area (Å²) in [6, 6.07) is 29.1. The van der Waals surface area contributed by atoms with Crippen LogP contribution in [0.1, 0.15) is 5.56 Å². The summed E-state index contributed by atoms with van der Waals surface area (Å²) in [4.78, 5) is 2.23. The minimum absolute atomic E-state index is 0.542. The molecule has 0 heterocycles. The lowest BCUT2D eigenvalue weighted by Gasteiger charge is -2.25. The van der Waals surface area contributed by atoms with Gasteiger partial charge in [0.2, 0.25) is 0 Å². The van der Waals surface area contributed by atoms with E-state index in [9.17, 15) is 0 Å². The molecule has 0 bridgehead atoms. The van der Waals surface area contributed by atoms with Crippen molar-refractivity contribution < 1.29 is 4.74 Å². The van der Waals surface area contributed by atoms with Gasteiger partial charge >= 0.3 is 0 Å². The minimum atomic E-state index is 0.542. The summed E-state index contributed by atoms with van der Waals surface area (Å²) >= 11 is 0. The Balaban J connectivity index is 1.97. The predicted octanol–water partition coefficient (Wildman–Crippen LogP) is 5.82. The van der Waals surface area contributed by atoms with Crippen molar-refractivity contribution >= 4 is 17.1 Å². The molecule has 0 saturated heterocycles. The monoisotopic (exact) mass is 301 g/mol. The maximum atomic E-state index is 5.24. The molecule has 0 atom stereocenters. The van der Waals surface area contributed by atoms with Crippen molar-refractivity contribution in [3.63, 3.8) is 0 Å². The van der Waals surface area contributed by atoms with Gasteiger partial charge in [-0.25, -0.2) is 0 Å². The number of hydrogen-bond donors (Lipinski definition) is 0. The van der Waals surface area contributed by atoms with E-state index < -0.39 is 0 Å². The van der Waals surface area contributed by atoms with Crippen LogP contribution in [-0.2, 0) is 11.3 Å². The maximum absolute atomic E-state index is 5.24. The largest absolute Gasteiger partial charge is 0.497 e. The van der Waals surface area contributed by atoms with Crippen molar-refractivity contribution in [1.82, 2.24) is 0 Å². The van der Waals surface area contributed by atoms with E-state index in [4.69, 9.17) is 4.74 Å². The molecule has 114 valence electrons. The first-order valence-corrected chi connectivity index (χ1v) is 7.60. The molecule has 3 aromatic rings. The van der Waals surface area contributed by atoms with Gasteiger partial charge in [-0.05, 0) is 42.0 Å². The highest BCUT2D eigenvalue weighted by atomic mass is 16.5. The lowest BCUT2D eigenvalue weighted by Crippen LogP contribution is -2.09. The van der Waals surface area contributed by atoms with Gasteiger partial charge in [0.25, 0.3) is 0 Å². The van der Waals surface area contributed by atoms with E-state index in [0.717, 1.165) is 22.6 Å². The van der Waals surface area contributed by atoms with Crippen LogP contribution in [0.5, 0.6) is 0 Å². The smallest absolute Gasteiger partial charge is 0.112 e. The highest BCUT2D eigenvalue weighted by Gasteiger charge is 2.11. The van der Waals surface area contributed by atoms with Crippen LogP contribution in [0.15, 0.2) is 97.8 Å². The summed E-state index contributed by atoms with van der Waals surface area (Å²) in [6.45, 7) is 4.11. The average Bonchev–Trinajstić information content (AvgIpc) is 2.63. The number of ether oxygens (including phenoxy) is 1. The van der Waals surface area contributed by atoms with Crippen molar-refractivity contribution in [2.75, 3.05) is 4.90 Å². The van der Waals surface area contributed by atoms with Crippen LogP contribution in [-0.4, -0.2) is 0 Å². The number of hydrogen-bond acceptors (Lipinski definition) is 2. The van der Waals surface area contributed by atoms with Crippen LogP contribution in [0.25, 0.3) is 0 Å². The molecule has 3 aromatic carbocycles. The summed E-state index contributed by atoms with van der Waals surface area (Å²) in [6.07, 6.45) is 1.47. The molecule has 3 rings (SSSR count). The van der Waals surface area contributed by atoms with Gasteiger partial charge in [0, 0.05) is 17.1 Å². The lowest BCUT2D eigenvalue weighted by atomic mass is 10.1. The van der Waals surface area contributed by atoms with Gasteiger partial charge in [-0.1, -0.05) is 55.1 Å².